The first-order chi connectivity index (χ1) is 6.93. The number of hydrogen-bond acceptors (Lipinski definition) is 1. The molecule has 0 amide bonds. The van der Waals surface area contributed by atoms with E-state index in [1.165, 1.54) is 12.1 Å². The monoisotopic (exact) mass is 272 g/mol. The molecule has 1 nitrogen and oxygen atoms in total. The molecule has 0 bridgehead atoms. The highest BCUT2D eigenvalue weighted by atomic mass is 79.9. The zero-order valence-corrected chi connectivity index (χ0v) is 10.4. The molecular formula is C12H14BrFO. The lowest BCUT2D eigenvalue weighted by molar-refractivity contribution is 0.231. The van der Waals surface area contributed by atoms with Gasteiger partial charge >= 0.3 is 0 Å². The SMILES string of the molecule is CC1(C)CC1(CO)c1ccc(F)cc1Br. The van der Waals surface area contributed by atoms with Gasteiger partial charge in [-0.2, -0.15) is 0 Å². The smallest absolute Gasteiger partial charge is 0.124 e. The summed E-state index contributed by atoms with van der Waals surface area (Å²) in [4.78, 5) is 0. The van der Waals surface area contributed by atoms with E-state index in [0.717, 1.165) is 16.5 Å². The Hall–Kier alpha value is -0.410. The Kier molecular flexibility index (Phi) is 2.43. The summed E-state index contributed by atoms with van der Waals surface area (Å²) in [5, 5.41) is 9.52. The molecule has 3 heteroatoms. The van der Waals surface area contributed by atoms with Crippen molar-refractivity contribution in [2.75, 3.05) is 6.61 Å². The molecule has 1 aliphatic rings. The summed E-state index contributed by atoms with van der Waals surface area (Å²) in [5.41, 5.74) is 0.915. The number of hydrogen-bond donors (Lipinski definition) is 1. The predicted molar refractivity (Wildman–Crippen MR) is 61.3 cm³/mol. The minimum atomic E-state index is -0.253. The minimum absolute atomic E-state index is 0.0993. The number of benzene rings is 1. The average molecular weight is 273 g/mol. The van der Waals surface area contributed by atoms with Gasteiger partial charge in [-0.1, -0.05) is 35.8 Å². The van der Waals surface area contributed by atoms with Crippen molar-refractivity contribution in [2.24, 2.45) is 5.41 Å². The Morgan fingerprint density at radius 1 is 1.47 bits per heavy atom. The summed E-state index contributed by atoms with van der Waals surface area (Å²) in [6.45, 7) is 4.36. The van der Waals surface area contributed by atoms with E-state index in [1.54, 1.807) is 6.07 Å². The molecule has 0 aliphatic heterocycles. The Morgan fingerprint density at radius 2 is 2.07 bits per heavy atom. The van der Waals surface area contributed by atoms with Crippen LogP contribution in [0.5, 0.6) is 0 Å². The Labute approximate surface area is 97.4 Å². The summed E-state index contributed by atoms with van der Waals surface area (Å²) in [5.74, 6) is -0.253. The van der Waals surface area contributed by atoms with Gasteiger partial charge in [0.15, 0.2) is 0 Å². The predicted octanol–water partition coefficient (Wildman–Crippen LogP) is 3.25. The van der Waals surface area contributed by atoms with Gasteiger partial charge in [-0.3, -0.25) is 0 Å². The highest BCUT2D eigenvalue weighted by molar-refractivity contribution is 9.10. The first kappa shape index (κ1) is 11.1. The van der Waals surface area contributed by atoms with Crippen molar-refractivity contribution in [2.45, 2.75) is 25.7 Å². The molecule has 0 radical (unpaired) electrons. The molecule has 0 aromatic heterocycles. The van der Waals surface area contributed by atoms with Crippen LogP contribution < -0.4 is 0 Å². The summed E-state index contributed by atoms with van der Waals surface area (Å²) in [6.07, 6.45) is 0.945. The van der Waals surface area contributed by atoms with Crippen molar-refractivity contribution in [3.05, 3.63) is 34.1 Å². The van der Waals surface area contributed by atoms with E-state index >= 15 is 0 Å². The van der Waals surface area contributed by atoms with Gasteiger partial charge in [-0.25, -0.2) is 4.39 Å². The number of aliphatic hydroxyl groups excluding tert-OH is 1. The second kappa shape index (κ2) is 3.29. The van der Waals surface area contributed by atoms with Gasteiger partial charge in [0.1, 0.15) is 5.82 Å². The van der Waals surface area contributed by atoms with Gasteiger partial charge in [0.25, 0.3) is 0 Å². The molecule has 0 spiro atoms. The minimum Gasteiger partial charge on any atom is -0.395 e. The van der Waals surface area contributed by atoms with Crippen molar-refractivity contribution < 1.29 is 9.50 Å². The molecule has 0 saturated heterocycles. The molecule has 0 heterocycles. The summed E-state index contributed by atoms with van der Waals surface area (Å²) >= 11 is 3.36. The maximum Gasteiger partial charge on any atom is 0.124 e. The van der Waals surface area contributed by atoms with Gasteiger partial charge in [-0.05, 0) is 29.5 Å². The second-order valence-electron chi connectivity index (χ2n) is 4.93. The van der Waals surface area contributed by atoms with Crippen LogP contribution in [0.3, 0.4) is 0 Å². The molecular weight excluding hydrogens is 259 g/mol. The zero-order chi connectivity index (χ0) is 11.3. The molecule has 1 fully saturated rings. The van der Waals surface area contributed by atoms with E-state index in [2.05, 4.69) is 29.8 Å². The lowest BCUT2D eigenvalue weighted by Gasteiger charge is -2.19. The van der Waals surface area contributed by atoms with Crippen molar-refractivity contribution in [3.63, 3.8) is 0 Å². The quantitative estimate of drug-likeness (QED) is 0.877. The number of rotatable bonds is 2. The summed E-state index contributed by atoms with van der Waals surface area (Å²) in [6, 6.07) is 4.68. The maximum absolute atomic E-state index is 13.0. The average Bonchev–Trinajstić information content (AvgIpc) is 2.69. The van der Waals surface area contributed by atoms with Crippen LogP contribution in [0.4, 0.5) is 4.39 Å². The number of halogens is 2. The molecule has 1 saturated carbocycles. The molecule has 1 unspecified atom stereocenters. The van der Waals surface area contributed by atoms with Gasteiger partial charge in [0, 0.05) is 9.89 Å². The fourth-order valence-corrected chi connectivity index (χ4v) is 3.13. The lowest BCUT2D eigenvalue weighted by atomic mass is 9.89. The molecule has 2 rings (SSSR count). The molecule has 1 aromatic carbocycles. The first-order valence-electron chi connectivity index (χ1n) is 4.99. The Morgan fingerprint density at radius 3 is 2.47 bits per heavy atom. The highest BCUT2D eigenvalue weighted by Crippen LogP contribution is 2.64. The van der Waals surface area contributed by atoms with Crippen LogP contribution in [0.15, 0.2) is 22.7 Å². The molecule has 1 N–H and O–H groups in total. The molecule has 1 atom stereocenters. The van der Waals surface area contributed by atoms with E-state index in [-0.39, 0.29) is 23.3 Å². The molecule has 1 aromatic rings. The van der Waals surface area contributed by atoms with Gasteiger partial charge < -0.3 is 5.11 Å². The Bertz CT molecular complexity index is 403. The fraction of sp³-hybridized carbons (Fsp3) is 0.500. The maximum atomic E-state index is 13.0. The highest BCUT2D eigenvalue weighted by Gasteiger charge is 2.62. The fourth-order valence-electron chi connectivity index (χ4n) is 2.40. The van der Waals surface area contributed by atoms with Crippen molar-refractivity contribution in [3.8, 4) is 0 Å². The van der Waals surface area contributed by atoms with Gasteiger partial charge in [0.2, 0.25) is 0 Å². The molecule has 1 aliphatic carbocycles. The van der Waals surface area contributed by atoms with Crippen LogP contribution in [-0.2, 0) is 5.41 Å². The van der Waals surface area contributed by atoms with Gasteiger partial charge in [-0.15, -0.1) is 0 Å². The lowest BCUT2D eigenvalue weighted by Crippen LogP contribution is -2.19. The standard InChI is InChI=1S/C12H14BrFO/c1-11(2)6-12(11,7-15)9-4-3-8(14)5-10(9)13/h3-5,15H,6-7H2,1-2H3. The summed E-state index contributed by atoms with van der Waals surface area (Å²) in [7, 11) is 0. The van der Waals surface area contributed by atoms with Crippen molar-refractivity contribution in [1.29, 1.82) is 0 Å². The topological polar surface area (TPSA) is 20.2 Å². The first-order valence-corrected chi connectivity index (χ1v) is 5.79. The second-order valence-corrected chi connectivity index (χ2v) is 5.78. The Balaban J connectivity index is 2.46. The van der Waals surface area contributed by atoms with E-state index in [0.29, 0.717) is 0 Å². The van der Waals surface area contributed by atoms with Crippen molar-refractivity contribution >= 4 is 15.9 Å². The normalized spacial score (nSPS) is 27.8. The van der Waals surface area contributed by atoms with Gasteiger partial charge in [0.05, 0.1) is 6.61 Å². The van der Waals surface area contributed by atoms with Crippen molar-refractivity contribution in [1.82, 2.24) is 0 Å². The number of aliphatic hydroxyl groups is 1. The largest absolute Gasteiger partial charge is 0.395 e. The van der Waals surface area contributed by atoms with Crippen LogP contribution in [0.1, 0.15) is 25.8 Å². The van der Waals surface area contributed by atoms with Crippen LogP contribution in [-0.4, -0.2) is 11.7 Å². The van der Waals surface area contributed by atoms with Crippen LogP contribution in [0.2, 0.25) is 0 Å². The van der Waals surface area contributed by atoms with Crippen LogP contribution >= 0.6 is 15.9 Å². The third kappa shape index (κ3) is 1.53. The molecule has 15 heavy (non-hydrogen) atoms. The molecule has 82 valence electrons. The zero-order valence-electron chi connectivity index (χ0n) is 8.85. The third-order valence-electron chi connectivity index (χ3n) is 3.63. The summed E-state index contributed by atoms with van der Waals surface area (Å²) < 4.78 is 13.7. The third-order valence-corrected chi connectivity index (χ3v) is 4.29. The van der Waals surface area contributed by atoms with Crippen LogP contribution in [0.25, 0.3) is 0 Å². The van der Waals surface area contributed by atoms with E-state index < -0.39 is 0 Å². The van der Waals surface area contributed by atoms with E-state index in [1.807, 2.05) is 0 Å². The van der Waals surface area contributed by atoms with Crippen LogP contribution in [0, 0.1) is 11.2 Å². The van der Waals surface area contributed by atoms with E-state index in [4.69, 9.17) is 0 Å². The van der Waals surface area contributed by atoms with E-state index in [9.17, 15) is 9.50 Å².